The zero-order valence-electron chi connectivity index (χ0n) is 17.9. The van der Waals surface area contributed by atoms with E-state index in [4.69, 9.17) is 17.3 Å². The van der Waals surface area contributed by atoms with Gasteiger partial charge in [0, 0.05) is 43.6 Å². The largest absolute Gasteiger partial charge is 0.342 e. The van der Waals surface area contributed by atoms with Crippen LogP contribution in [0.3, 0.4) is 0 Å². The normalized spacial score (nSPS) is 14.5. The molecule has 4 rings (SSSR count). The number of benzene rings is 1. The lowest BCUT2D eigenvalue weighted by molar-refractivity contribution is 0.490. The Morgan fingerprint density at radius 3 is 2.39 bits per heavy atom. The summed E-state index contributed by atoms with van der Waals surface area (Å²) in [5.41, 5.74) is 10.1. The van der Waals surface area contributed by atoms with Gasteiger partial charge in [-0.15, -0.1) is 0 Å². The average molecular weight is 415 g/mol. The van der Waals surface area contributed by atoms with Crippen molar-refractivity contribution in [3.8, 4) is 22.4 Å². The molecule has 0 saturated carbocycles. The van der Waals surface area contributed by atoms with Crippen LogP contribution in [0, 0.1) is 6.57 Å². The summed E-state index contributed by atoms with van der Waals surface area (Å²) in [5, 5.41) is 0. The third kappa shape index (κ3) is 4.07. The molecule has 3 aromatic rings. The highest BCUT2D eigenvalue weighted by Crippen LogP contribution is 2.31. The van der Waals surface area contributed by atoms with Crippen molar-refractivity contribution < 1.29 is 0 Å². The Hall–Kier alpha value is -3.50. The number of aryl methyl sites for hydroxylation is 1. The fourth-order valence-corrected chi connectivity index (χ4v) is 3.92. The fourth-order valence-electron chi connectivity index (χ4n) is 3.92. The molecular weight excluding hydrogens is 388 g/mol. The molecule has 0 spiro atoms. The van der Waals surface area contributed by atoms with E-state index in [0.29, 0.717) is 22.9 Å². The van der Waals surface area contributed by atoms with Gasteiger partial charge in [-0.25, -0.2) is 9.83 Å². The van der Waals surface area contributed by atoms with Crippen LogP contribution < -0.4 is 16.2 Å². The third-order valence-corrected chi connectivity index (χ3v) is 5.84. The number of rotatable bonds is 4. The van der Waals surface area contributed by atoms with Crippen molar-refractivity contribution in [2.75, 3.05) is 18.0 Å². The van der Waals surface area contributed by atoms with Crippen LogP contribution in [0.1, 0.15) is 25.5 Å². The lowest BCUT2D eigenvalue weighted by Crippen LogP contribution is -2.42. The highest BCUT2D eigenvalue weighted by atomic mass is 16.1. The van der Waals surface area contributed by atoms with Gasteiger partial charge in [-0.2, -0.15) is 0 Å². The highest BCUT2D eigenvalue weighted by molar-refractivity contribution is 5.81. The van der Waals surface area contributed by atoms with Gasteiger partial charge in [0.05, 0.1) is 17.8 Å². The van der Waals surface area contributed by atoms with Crippen LogP contribution in [0.4, 0.5) is 11.6 Å². The van der Waals surface area contributed by atoms with E-state index in [1.807, 2.05) is 31.2 Å². The van der Waals surface area contributed by atoms with Gasteiger partial charge in [-0.05, 0) is 30.9 Å². The van der Waals surface area contributed by atoms with E-state index in [-0.39, 0.29) is 11.6 Å². The van der Waals surface area contributed by atoms with Gasteiger partial charge in [-0.1, -0.05) is 37.3 Å². The number of nitrogens with two attached hydrogens (primary N) is 1. The first-order chi connectivity index (χ1) is 15.0. The van der Waals surface area contributed by atoms with Crippen LogP contribution in [0.5, 0.6) is 0 Å². The molecule has 2 aromatic heterocycles. The van der Waals surface area contributed by atoms with Crippen molar-refractivity contribution in [2.24, 2.45) is 12.8 Å². The van der Waals surface area contributed by atoms with Crippen LogP contribution in [0.2, 0.25) is 0 Å². The van der Waals surface area contributed by atoms with Crippen LogP contribution in [-0.4, -0.2) is 33.7 Å². The Balaban J connectivity index is 1.91. The maximum atomic E-state index is 13.6. The number of pyridine rings is 1. The molecule has 0 radical (unpaired) electrons. The topological polar surface area (TPSA) is 81.4 Å². The summed E-state index contributed by atoms with van der Waals surface area (Å²) in [6, 6.07) is 11.3. The van der Waals surface area contributed by atoms with Gasteiger partial charge < -0.3 is 10.6 Å². The summed E-state index contributed by atoms with van der Waals surface area (Å²) < 4.78 is 1.62. The predicted molar refractivity (Wildman–Crippen MR) is 123 cm³/mol. The summed E-state index contributed by atoms with van der Waals surface area (Å²) in [7, 11) is 1.77. The van der Waals surface area contributed by atoms with Crippen LogP contribution in [-0.2, 0) is 13.5 Å². The standard InChI is InChI=1S/C24H26N6O/c1-4-19-8-7-17(15-27-19)21-22(16-5-9-20(26-2)10-6-16)28-24(29(3)23(21)31)30-13-11-18(25)12-14-30/h5-10,15,18H,4,11-14,25H2,1,3H3. The van der Waals surface area contributed by atoms with Gasteiger partial charge in [0.15, 0.2) is 5.69 Å². The molecule has 0 amide bonds. The van der Waals surface area contributed by atoms with E-state index in [0.717, 1.165) is 49.2 Å². The van der Waals surface area contributed by atoms with Crippen molar-refractivity contribution >= 4 is 11.6 Å². The van der Waals surface area contributed by atoms with E-state index >= 15 is 0 Å². The molecule has 1 aromatic carbocycles. The lowest BCUT2D eigenvalue weighted by atomic mass is 10.0. The Morgan fingerprint density at radius 2 is 1.81 bits per heavy atom. The molecule has 1 aliphatic rings. The Bertz CT molecular complexity index is 1170. The maximum absolute atomic E-state index is 13.6. The number of hydrogen-bond acceptors (Lipinski definition) is 5. The minimum absolute atomic E-state index is 0.116. The first kappa shape index (κ1) is 20.8. The molecule has 2 N–H and O–H groups in total. The third-order valence-electron chi connectivity index (χ3n) is 5.84. The van der Waals surface area contributed by atoms with Crippen molar-refractivity contribution in [1.82, 2.24) is 14.5 Å². The Kier molecular flexibility index (Phi) is 5.83. The Labute approximate surface area is 182 Å². The van der Waals surface area contributed by atoms with Crippen LogP contribution >= 0.6 is 0 Å². The number of aromatic nitrogens is 3. The minimum atomic E-state index is -0.116. The van der Waals surface area contributed by atoms with Crippen LogP contribution in [0.25, 0.3) is 27.2 Å². The summed E-state index contributed by atoms with van der Waals surface area (Å²) in [4.78, 5) is 28.6. The number of anilines is 1. The number of piperidine rings is 1. The van der Waals surface area contributed by atoms with Crippen molar-refractivity contribution in [1.29, 1.82) is 0 Å². The van der Waals surface area contributed by atoms with E-state index in [2.05, 4.69) is 14.7 Å². The molecule has 0 atom stereocenters. The van der Waals surface area contributed by atoms with Crippen LogP contribution in [0.15, 0.2) is 47.4 Å². The molecule has 3 heterocycles. The second kappa shape index (κ2) is 8.70. The average Bonchev–Trinajstić information content (AvgIpc) is 2.81. The summed E-state index contributed by atoms with van der Waals surface area (Å²) in [6.45, 7) is 10.8. The first-order valence-electron chi connectivity index (χ1n) is 10.6. The van der Waals surface area contributed by atoms with Gasteiger partial charge in [0.2, 0.25) is 5.95 Å². The molecule has 0 bridgehead atoms. The SMILES string of the molecule is [C-]#[N+]c1ccc(-c2nc(N3CCC(N)CC3)n(C)c(=O)c2-c2ccc(CC)nc2)cc1. The van der Waals surface area contributed by atoms with Gasteiger partial charge in [0.1, 0.15) is 0 Å². The zero-order valence-corrected chi connectivity index (χ0v) is 17.9. The molecule has 0 unspecified atom stereocenters. The molecule has 1 aliphatic heterocycles. The van der Waals surface area contributed by atoms with E-state index < -0.39 is 0 Å². The molecule has 0 aliphatic carbocycles. The molecular formula is C24H26N6O. The molecule has 31 heavy (non-hydrogen) atoms. The highest BCUT2D eigenvalue weighted by Gasteiger charge is 2.24. The molecule has 158 valence electrons. The first-order valence-corrected chi connectivity index (χ1v) is 10.6. The van der Waals surface area contributed by atoms with Crippen molar-refractivity contribution in [2.45, 2.75) is 32.2 Å². The maximum Gasteiger partial charge on any atom is 0.263 e. The predicted octanol–water partition coefficient (Wildman–Crippen LogP) is 3.55. The van der Waals surface area contributed by atoms with E-state index in [9.17, 15) is 4.79 Å². The van der Waals surface area contributed by atoms with Gasteiger partial charge >= 0.3 is 0 Å². The Morgan fingerprint density at radius 1 is 1.13 bits per heavy atom. The lowest BCUT2D eigenvalue weighted by Gasteiger charge is -2.32. The summed E-state index contributed by atoms with van der Waals surface area (Å²) >= 11 is 0. The second-order valence-corrected chi connectivity index (χ2v) is 7.87. The molecule has 1 fully saturated rings. The monoisotopic (exact) mass is 414 g/mol. The molecule has 7 nitrogen and oxygen atoms in total. The second-order valence-electron chi connectivity index (χ2n) is 7.87. The smallest absolute Gasteiger partial charge is 0.263 e. The zero-order chi connectivity index (χ0) is 22.0. The molecule has 1 saturated heterocycles. The summed E-state index contributed by atoms with van der Waals surface area (Å²) in [5.74, 6) is 0.642. The van der Waals surface area contributed by atoms with E-state index in [1.54, 1.807) is 29.9 Å². The number of hydrogen-bond donors (Lipinski definition) is 1. The minimum Gasteiger partial charge on any atom is -0.342 e. The molecule has 7 heteroatoms. The van der Waals surface area contributed by atoms with Gasteiger partial charge in [-0.3, -0.25) is 14.3 Å². The quantitative estimate of drug-likeness (QED) is 0.661. The van der Waals surface area contributed by atoms with Gasteiger partial charge in [0.25, 0.3) is 5.56 Å². The van der Waals surface area contributed by atoms with Crippen molar-refractivity contribution in [3.63, 3.8) is 0 Å². The fraction of sp³-hybridized carbons (Fsp3) is 0.333. The summed E-state index contributed by atoms with van der Waals surface area (Å²) in [6.07, 6.45) is 4.31. The van der Waals surface area contributed by atoms with E-state index in [1.165, 1.54) is 0 Å². The van der Waals surface area contributed by atoms with Crippen molar-refractivity contribution in [3.05, 3.63) is 70.1 Å². The number of nitrogens with zero attached hydrogens (tertiary/aromatic N) is 5.